The van der Waals surface area contributed by atoms with Crippen LogP contribution in [0.4, 0.5) is 4.39 Å². The van der Waals surface area contributed by atoms with Gasteiger partial charge in [0.15, 0.2) is 0 Å². The molecule has 9 heteroatoms. The summed E-state index contributed by atoms with van der Waals surface area (Å²) in [5.41, 5.74) is -0.772. The molecule has 7 nitrogen and oxygen atoms in total. The molecule has 1 amide bonds. The highest BCUT2D eigenvalue weighted by Crippen LogP contribution is 2.52. The van der Waals surface area contributed by atoms with Gasteiger partial charge in [0.05, 0.1) is 17.5 Å². The van der Waals surface area contributed by atoms with Gasteiger partial charge in [-0.25, -0.2) is 17.5 Å². The summed E-state index contributed by atoms with van der Waals surface area (Å²) in [5.74, 6) is -0.550. The third kappa shape index (κ3) is 3.89. The predicted molar refractivity (Wildman–Crippen MR) is 104 cm³/mol. The number of halogens is 1. The van der Waals surface area contributed by atoms with Crippen LogP contribution in [0, 0.1) is 17.1 Å². The lowest BCUT2D eigenvalue weighted by atomic mass is 9.55. The van der Waals surface area contributed by atoms with Crippen LogP contribution < -0.4 is 10.0 Å². The van der Waals surface area contributed by atoms with Gasteiger partial charge in [-0.15, -0.1) is 0 Å². The quantitative estimate of drug-likeness (QED) is 0.729. The average Bonchev–Trinajstić information content (AvgIpc) is 3.14. The third-order valence-corrected chi connectivity index (χ3v) is 8.07. The molecule has 0 radical (unpaired) electrons. The van der Waals surface area contributed by atoms with Crippen molar-refractivity contribution < 1.29 is 17.6 Å². The lowest BCUT2D eigenvalue weighted by molar-refractivity contribution is -0.131. The summed E-state index contributed by atoms with van der Waals surface area (Å²) >= 11 is 0. The summed E-state index contributed by atoms with van der Waals surface area (Å²) in [6, 6.07) is 6.65. The van der Waals surface area contributed by atoms with E-state index in [1.54, 1.807) is 4.90 Å². The molecule has 4 fully saturated rings. The van der Waals surface area contributed by atoms with Crippen LogP contribution >= 0.6 is 0 Å². The molecule has 156 valence electrons. The van der Waals surface area contributed by atoms with E-state index in [1.807, 2.05) is 0 Å². The SMILES string of the molecule is N#CC1CCCN1C(=O)CNC12CCCC(NS(=O)(=O)c3ccc(F)cc3)(C1)C2. The first-order valence-corrected chi connectivity index (χ1v) is 11.5. The summed E-state index contributed by atoms with van der Waals surface area (Å²) in [6.45, 7) is 0.784. The summed E-state index contributed by atoms with van der Waals surface area (Å²) in [7, 11) is -3.73. The highest BCUT2D eigenvalue weighted by Gasteiger charge is 2.58. The first-order chi connectivity index (χ1) is 13.8. The molecule has 3 saturated carbocycles. The summed E-state index contributed by atoms with van der Waals surface area (Å²) in [4.78, 5) is 14.2. The molecule has 0 aromatic heterocycles. The van der Waals surface area contributed by atoms with Crippen molar-refractivity contribution in [3.05, 3.63) is 30.1 Å². The molecule has 1 aromatic rings. The van der Waals surface area contributed by atoms with Gasteiger partial charge in [-0.1, -0.05) is 0 Å². The third-order valence-electron chi connectivity index (χ3n) is 6.48. The van der Waals surface area contributed by atoms with Crippen molar-refractivity contribution in [1.29, 1.82) is 5.26 Å². The Morgan fingerprint density at radius 3 is 2.59 bits per heavy atom. The maximum Gasteiger partial charge on any atom is 0.241 e. The number of sulfonamides is 1. The Morgan fingerprint density at radius 2 is 1.90 bits per heavy atom. The van der Waals surface area contributed by atoms with Gasteiger partial charge >= 0.3 is 0 Å². The molecule has 2 N–H and O–H groups in total. The van der Waals surface area contributed by atoms with E-state index in [9.17, 15) is 17.6 Å². The number of amides is 1. The van der Waals surface area contributed by atoms with Crippen molar-refractivity contribution in [1.82, 2.24) is 14.9 Å². The first kappa shape index (κ1) is 20.3. The number of likely N-dealkylation sites (tertiary alicyclic amines) is 1. The standard InChI is InChI=1S/C20H25FN4O3S/c21-15-4-6-17(7-5-15)29(27,28)24-20-9-2-8-19(13-20,14-20)23-12-18(26)25-10-1-3-16(25)11-22/h4-7,16,23-24H,1-3,8-10,12-14H2. The van der Waals surface area contributed by atoms with Crippen LogP contribution in [0.15, 0.2) is 29.2 Å². The minimum Gasteiger partial charge on any atom is -0.326 e. The molecule has 1 aliphatic heterocycles. The van der Waals surface area contributed by atoms with Crippen LogP contribution in [0.25, 0.3) is 0 Å². The van der Waals surface area contributed by atoms with E-state index in [0.717, 1.165) is 44.2 Å². The number of benzene rings is 1. The highest BCUT2D eigenvalue weighted by molar-refractivity contribution is 7.89. The van der Waals surface area contributed by atoms with Crippen LogP contribution in [-0.4, -0.2) is 49.4 Å². The smallest absolute Gasteiger partial charge is 0.241 e. The second-order valence-corrected chi connectivity index (χ2v) is 10.2. The Kier molecular flexibility index (Phi) is 5.13. The van der Waals surface area contributed by atoms with Crippen molar-refractivity contribution >= 4 is 15.9 Å². The Balaban J connectivity index is 1.37. The fraction of sp³-hybridized carbons (Fsp3) is 0.600. The molecule has 29 heavy (non-hydrogen) atoms. The molecule has 2 bridgehead atoms. The van der Waals surface area contributed by atoms with Crippen molar-refractivity contribution in [3.8, 4) is 6.07 Å². The Labute approximate surface area is 170 Å². The number of hydrogen-bond donors (Lipinski definition) is 2. The van der Waals surface area contributed by atoms with E-state index in [4.69, 9.17) is 5.26 Å². The van der Waals surface area contributed by atoms with Gasteiger partial charge in [-0.3, -0.25) is 4.79 Å². The van der Waals surface area contributed by atoms with Gasteiger partial charge in [0.25, 0.3) is 0 Å². The van der Waals surface area contributed by atoms with Crippen LogP contribution in [0.3, 0.4) is 0 Å². The Hall–Kier alpha value is -2.02. The zero-order valence-corrected chi connectivity index (χ0v) is 17.0. The fourth-order valence-electron chi connectivity index (χ4n) is 5.22. The molecule has 3 aliphatic carbocycles. The van der Waals surface area contributed by atoms with Crippen LogP contribution in [0.5, 0.6) is 0 Å². The maximum absolute atomic E-state index is 13.1. The lowest BCUT2D eigenvalue weighted by Gasteiger charge is -2.61. The maximum atomic E-state index is 13.1. The predicted octanol–water partition coefficient (Wildman–Crippen LogP) is 1.66. The summed E-state index contributed by atoms with van der Waals surface area (Å²) in [6.07, 6.45) is 5.31. The number of carbonyl (C=O) groups is 1. The summed E-state index contributed by atoms with van der Waals surface area (Å²) in [5, 5.41) is 12.5. The van der Waals surface area contributed by atoms with E-state index >= 15 is 0 Å². The number of rotatable bonds is 6. The van der Waals surface area contributed by atoms with E-state index < -0.39 is 21.4 Å². The molecule has 1 atom stereocenters. The Bertz CT molecular complexity index is 935. The van der Waals surface area contributed by atoms with Crippen molar-refractivity contribution in [3.63, 3.8) is 0 Å². The van der Waals surface area contributed by atoms with Crippen molar-refractivity contribution in [2.75, 3.05) is 13.1 Å². The van der Waals surface area contributed by atoms with E-state index in [0.29, 0.717) is 19.4 Å². The molecule has 1 unspecified atom stereocenters. The monoisotopic (exact) mass is 420 g/mol. The molecule has 1 aromatic carbocycles. The lowest BCUT2D eigenvalue weighted by Crippen LogP contribution is -2.73. The van der Waals surface area contributed by atoms with E-state index in [2.05, 4.69) is 16.1 Å². The minimum absolute atomic E-state index is 0.0519. The van der Waals surface area contributed by atoms with Gasteiger partial charge in [0, 0.05) is 17.6 Å². The van der Waals surface area contributed by atoms with Crippen LogP contribution in [-0.2, 0) is 14.8 Å². The number of nitrogens with zero attached hydrogens (tertiary/aromatic N) is 2. The first-order valence-electron chi connectivity index (χ1n) is 10.0. The zero-order valence-electron chi connectivity index (χ0n) is 16.2. The second-order valence-electron chi connectivity index (χ2n) is 8.55. The van der Waals surface area contributed by atoms with Crippen LogP contribution in [0.2, 0.25) is 0 Å². The van der Waals surface area contributed by atoms with E-state index in [-0.39, 0.29) is 28.9 Å². The van der Waals surface area contributed by atoms with Crippen LogP contribution in [0.1, 0.15) is 44.9 Å². The number of carbonyl (C=O) groups excluding carboxylic acids is 1. The van der Waals surface area contributed by atoms with E-state index in [1.165, 1.54) is 12.1 Å². The topological polar surface area (TPSA) is 102 Å². The second kappa shape index (κ2) is 7.35. The molecular formula is C20H25FN4O3S. The van der Waals surface area contributed by atoms with Gasteiger partial charge in [0.1, 0.15) is 11.9 Å². The van der Waals surface area contributed by atoms with Gasteiger partial charge in [-0.05, 0) is 69.2 Å². The number of nitrogens with one attached hydrogen (secondary N) is 2. The normalized spacial score (nSPS) is 31.2. The molecule has 1 saturated heterocycles. The highest BCUT2D eigenvalue weighted by atomic mass is 32.2. The molecule has 1 heterocycles. The van der Waals surface area contributed by atoms with Crippen molar-refractivity contribution in [2.45, 2.75) is 67.0 Å². The Morgan fingerprint density at radius 1 is 1.21 bits per heavy atom. The molecule has 0 spiro atoms. The molecule has 5 rings (SSSR count). The molecular weight excluding hydrogens is 395 g/mol. The fourth-order valence-corrected chi connectivity index (χ4v) is 6.65. The average molecular weight is 421 g/mol. The number of fused-ring (bicyclic) bond motifs is 2. The number of hydrogen-bond acceptors (Lipinski definition) is 5. The zero-order chi connectivity index (χ0) is 20.7. The molecule has 4 aliphatic rings. The van der Waals surface area contributed by atoms with Gasteiger partial charge in [0.2, 0.25) is 15.9 Å². The largest absolute Gasteiger partial charge is 0.326 e. The van der Waals surface area contributed by atoms with Gasteiger partial charge < -0.3 is 10.2 Å². The minimum atomic E-state index is -3.73. The number of nitriles is 1. The van der Waals surface area contributed by atoms with Gasteiger partial charge in [-0.2, -0.15) is 5.26 Å². The van der Waals surface area contributed by atoms with Crippen molar-refractivity contribution in [2.24, 2.45) is 0 Å². The summed E-state index contributed by atoms with van der Waals surface area (Å²) < 4.78 is 41.4.